The maximum absolute atomic E-state index is 12.5. The molecular weight excluding hydrogens is 365 g/mol. The highest BCUT2D eigenvalue weighted by Crippen LogP contribution is 2.33. The average molecular weight is 388 g/mol. The number of nitrogens with zero attached hydrogens (tertiary/aromatic N) is 1. The van der Waals surface area contributed by atoms with E-state index in [1.54, 1.807) is 18.2 Å². The first-order chi connectivity index (χ1) is 12.8. The lowest BCUT2D eigenvalue weighted by Gasteiger charge is -2.29. The van der Waals surface area contributed by atoms with Crippen LogP contribution in [0, 0.1) is 0 Å². The van der Waals surface area contributed by atoms with Crippen LogP contribution in [-0.2, 0) is 4.79 Å². The summed E-state index contributed by atoms with van der Waals surface area (Å²) in [4.78, 5) is 13.8. The molecule has 0 bridgehead atoms. The highest BCUT2D eigenvalue weighted by molar-refractivity contribution is 5.77. The topological polar surface area (TPSA) is 71.0 Å². The summed E-state index contributed by atoms with van der Waals surface area (Å²) in [7, 11) is 0. The average Bonchev–Trinajstić information content (AvgIpc) is 3.11. The van der Waals surface area contributed by atoms with E-state index in [-0.39, 0.29) is 6.54 Å². The van der Waals surface area contributed by atoms with Crippen LogP contribution in [0.25, 0.3) is 0 Å². The number of hydrogen-bond acceptors (Lipinski definition) is 5. The van der Waals surface area contributed by atoms with Gasteiger partial charge in [0, 0.05) is 6.54 Å². The minimum Gasteiger partial charge on any atom is -0.486 e. The fourth-order valence-electron chi connectivity index (χ4n) is 3.38. The molecule has 27 heavy (non-hydrogen) atoms. The fourth-order valence-corrected chi connectivity index (χ4v) is 3.38. The molecule has 1 fully saturated rings. The van der Waals surface area contributed by atoms with Crippen LogP contribution in [0.1, 0.15) is 30.9 Å². The van der Waals surface area contributed by atoms with Crippen molar-refractivity contribution in [1.29, 1.82) is 0 Å². The Morgan fingerprint density at radius 3 is 2.52 bits per heavy atom. The van der Waals surface area contributed by atoms with Crippen molar-refractivity contribution in [1.82, 2.24) is 10.2 Å². The van der Waals surface area contributed by atoms with Gasteiger partial charge in [-0.25, -0.2) is 0 Å². The normalized spacial score (nSPS) is 19.6. The third-order valence-electron chi connectivity index (χ3n) is 4.65. The summed E-state index contributed by atoms with van der Waals surface area (Å²) in [6.07, 6.45) is -5.35. The largest absolute Gasteiger partial charge is 0.486 e. The van der Waals surface area contributed by atoms with Gasteiger partial charge in [0.25, 0.3) is 0 Å². The smallest absolute Gasteiger partial charge is 0.397 e. The highest BCUT2D eigenvalue weighted by Gasteiger charge is 2.34. The number of halogens is 3. The lowest BCUT2D eigenvalue weighted by atomic mass is 10.0. The number of aliphatic hydroxyl groups excluding tert-OH is 1. The van der Waals surface area contributed by atoms with Crippen molar-refractivity contribution in [3.8, 4) is 11.5 Å². The minimum absolute atomic E-state index is 0.277. The van der Waals surface area contributed by atoms with E-state index < -0.39 is 30.7 Å². The molecule has 6 nitrogen and oxygen atoms in total. The Morgan fingerprint density at radius 1 is 1.19 bits per heavy atom. The van der Waals surface area contributed by atoms with Crippen molar-refractivity contribution in [3.63, 3.8) is 0 Å². The second-order valence-corrected chi connectivity index (χ2v) is 6.82. The van der Waals surface area contributed by atoms with Gasteiger partial charge >= 0.3 is 6.18 Å². The molecule has 2 aliphatic heterocycles. The van der Waals surface area contributed by atoms with Crippen LogP contribution in [0.4, 0.5) is 13.2 Å². The number of fused-ring (bicyclic) bond motifs is 1. The van der Waals surface area contributed by atoms with Gasteiger partial charge in [0.15, 0.2) is 11.5 Å². The molecule has 1 saturated heterocycles. The molecule has 150 valence electrons. The lowest BCUT2D eigenvalue weighted by molar-refractivity contribution is -0.154. The van der Waals surface area contributed by atoms with Gasteiger partial charge in [0.1, 0.15) is 25.7 Å². The number of aliphatic hydroxyl groups is 1. The number of amides is 1. The second-order valence-electron chi connectivity index (χ2n) is 6.82. The van der Waals surface area contributed by atoms with Crippen LogP contribution in [0.15, 0.2) is 18.2 Å². The zero-order chi connectivity index (χ0) is 19.4. The van der Waals surface area contributed by atoms with Gasteiger partial charge in [0.05, 0.1) is 6.04 Å². The number of ether oxygens (including phenoxy) is 2. The zero-order valence-corrected chi connectivity index (χ0v) is 14.8. The van der Waals surface area contributed by atoms with Gasteiger partial charge in [-0.05, 0) is 43.6 Å². The molecule has 1 aromatic rings. The first kappa shape index (κ1) is 19.8. The Hall–Kier alpha value is -2.00. The Bertz CT molecular complexity index is 662. The predicted molar refractivity (Wildman–Crippen MR) is 90.7 cm³/mol. The molecule has 1 aromatic carbocycles. The van der Waals surface area contributed by atoms with Crippen molar-refractivity contribution in [3.05, 3.63) is 23.8 Å². The van der Waals surface area contributed by atoms with Crippen molar-refractivity contribution in [2.75, 3.05) is 32.8 Å². The van der Waals surface area contributed by atoms with Crippen LogP contribution in [0.3, 0.4) is 0 Å². The first-order valence-electron chi connectivity index (χ1n) is 8.98. The molecule has 0 spiro atoms. The number of rotatable bonds is 6. The van der Waals surface area contributed by atoms with E-state index in [0.717, 1.165) is 25.9 Å². The standard InChI is InChI=1S/C18H23F3N2O4/c19-18(20,21)10-16(24)22-13(11-23-5-1-2-6-23)17(25)12-3-4-14-15(9-12)27-8-7-26-14/h3-4,9,13,17,25H,1-2,5-8,10-11H2,(H,22,24)/t13?,17-/m1/s1. The van der Waals surface area contributed by atoms with Crippen LogP contribution in [0.2, 0.25) is 0 Å². The molecule has 0 aliphatic carbocycles. The fraction of sp³-hybridized carbons (Fsp3) is 0.611. The summed E-state index contributed by atoms with van der Waals surface area (Å²) in [5.41, 5.74) is 0.454. The Balaban J connectivity index is 1.74. The monoisotopic (exact) mass is 388 g/mol. The van der Waals surface area contributed by atoms with Crippen molar-refractivity contribution >= 4 is 5.91 Å². The number of nitrogens with one attached hydrogen (secondary N) is 1. The quantitative estimate of drug-likeness (QED) is 0.780. The van der Waals surface area contributed by atoms with Gasteiger partial charge in [-0.2, -0.15) is 13.2 Å². The molecule has 1 unspecified atom stereocenters. The van der Waals surface area contributed by atoms with Crippen molar-refractivity contribution in [2.45, 2.75) is 37.6 Å². The predicted octanol–water partition coefficient (Wildman–Crippen LogP) is 2.02. The Morgan fingerprint density at radius 2 is 1.85 bits per heavy atom. The molecule has 1 amide bonds. The van der Waals surface area contributed by atoms with E-state index in [9.17, 15) is 23.1 Å². The molecule has 2 N–H and O–H groups in total. The third-order valence-corrected chi connectivity index (χ3v) is 4.65. The molecule has 3 rings (SSSR count). The number of carbonyl (C=O) groups is 1. The SMILES string of the molecule is O=C(CC(F)(F)F)NC(CN1CCCC1)[C@H](O)c1ccc2c(c1)OCCO2. The van der Waals surface area contributed by atoms with E-state index in [4.69, 9.17) is 9.47 Å². The van der Waals surface area contributed by atoms with Gasteiger partial charge in [0.2, 0.25) is 5.91 Å². The van der Waals surface area contributed by atoms with E-state index in [1.807, 2.05) is 4.90 Å². The first-order valence-corrected chi connectivity index (χ1v) is 8.98. The summed E-state index contributed by atoms with van der Waals surface area (Å²) >= 11 is 0. The molecule has 0 saturated carbocycles. The van der Waals surface area contributed by atoms with E-state index in [2.05, 4.69) is 5.32 Å². The number of carbonyl (C=O) groups excluding carboxylic acids is 1. The minimum atomic E-state index is -4.59. The molecule has 2 heterocycles. The molecular formula is C18H23F3N2O4. The molecule has 2 atom stereocenters. The van der Waals surface area contributed by atoms with Gasteiger partial charge in [-0.3, -0.25) is 4.79 Å². The Kier molecular flexibility index (Phi) is 6.11. The summed E-state index contributed by atoms with van der Waals surface area (Å²) < 4.78 is 48.5. The number of likely N-dealkylation sites (tertiary alicyclic amines) is 1. The number of benzene rings is 1. The van der Waals surface area contributed by atoms with Gasteiger partial charge in [-0.1, -0.05) is 6.07 Å². The highest BCUT2D eigenvalue weighted by atomic mass is 19.4. The summed E-state index contributed by atoms with van der Waals surface area (Å²) in [5, 5.41) is 13.1. The lowest BCUT2D eigenvalue weighted by Crippen LogP contribution is -2.47. The van der Waals surface area contributed by atoms with Crippen LogP contribution in [0.5, 0.6) is 11.5 Å². The maximum Gasteiger partial charge on any atom is 0.397 e. The van der Waals surface area contributed by atoms with Crippen LogP contribution in [-0.4, -0.2) is 61.0 Å². The van der Waals surface area contributed by atoms with Crippen molar-refractivity contribution < 1.29 is 32.5 Å². The molecule has 9 heteroatoms. The molecule has 2 aliphatic rings. The van der Waals surface area contributed by atoms with Crippen LogP contribution >= 0.6 is 0 Å². The van der Waals surface area contributed by atoms with Crippen LogP contribution < -0.4 is 14.8 Å². The molecule has 0 aromatic heterocycles. The number of hydrogen-bond donors (Lipinski definition) is 2. The van der Waals surface area contributed by atoms with E-state index in [0.29, 0.717) is 30.3 Å². The third kappa shape index (κ3) is 5.49. The van der Waals surface area contributed by atoms with Crippen molar-refractivity contribution in [2.24, 2.45) is 0 Å². The molecule has 0 radical (unpaired) electrons. The Labute approximate surface area is 155 Å². The maximum atomic E-state index is 12.5. The zero-order valence-electron chi connectivity index (χ0n) is 14.8. The van der Waals surface area contributed by atoms with Gasteiger partial charge in [-0.15, -0.1) is 0 Å². The summed E-state index contributed by atoms with van der Waals surface area (Å²) in [5.74, 6) is -0.128. The number of alkyl halides is 3. The van der Waals surface area contributed by atoms with Gasteiger partial charge < -0.3 is 24.8 Å². The summed E-state index contributed by atoms with van der Waals surface area (Å²) in [6.45, 7) is 2.67. The summed E-state index contributed by atoms with van der Waals surface area (Å²) in [6, 6.07) is 4.02. The second kappa shape index (κ2) is 8.35. The van der Waals surface area contributed by atoms with E-state index in [1.165, 1.54) is 0 Å². The van der Waals surface area contributed by atoms with E-state index >= 15 is 0 Å².